The Morgan fingerprint density at radius 3 is 1.45 bits per heavy atom. The highest BCUT2D eigenvalue weighted by Gasteiger charge is 2.51. The molecule has 1 spiro atoms. The van der Waals surface area contributed by atoms with Crippen LogP contribution >= 0.6 is 0 Å². The third kappa shape index (κ3) is 3.37. The van der Waals surface area contributed by atoms with E-state index in [1.165, 1.54) is 72.7 Å². The van der Waals surface area contributed by atoms with E-state index in [9.17, 15) is 0 Å². The van der Waals surface area contributed by atoms with Crippen molar-refractivity contribution in [2.24, 2.45) is 0 Å². The fourth-order valence-corrected chi connectivity index (χ4v) is 7.67. The van der Waals surface area contributed by atoms with Crippen LogP contribution in [-0.2, 0) is 18.3 Å². The number of hydrogen-bond donors (Lipinski definition) is 0. The van der Waals surface area contributed by atoms with Crippen molar-refractivity contribution in [1.29, 1.82) is 0 Å². The van der Waals surface area contributed by atoms with Crippen LogP contribution in [0.4, 0.5) is 17.1 Å². The van der Waals surface area contributed by atoms with Crippen molar-refractivity contribution < 1.29 is 0 Å². The minimum Gasteiger partial charge on any atom is -0.310 e. The second kappa shape index (κ2) is 9.60. The maximum absolute atomic E-state index is 2.47. The van der Waals surface area contributed by atoms with Crippen LogP contribution in [0, 0.1) is 0 Å². The monoisotopic (exact) mass is 539 g/mol. The van der Waals surface area contributed by atoms with Gasteiger partial charge in [0.2, 0.25) is 0 Å². The van der Waals surface area contributed by atoms with E-state index in [-0.39, 0.29) is 5.41 Å². The Morgan fingerprint density at radius 1 is 0.405 bits per heavy atom. The highest BCUT2D eigenvalue weighted by molar-refractivity contribution is 5.96. The lowest BCUT2D eigenvalue weighted by Gasteiger charge is -2.32. The van der Waals surface area contributed by atoms with Crippen LogP contribution < -0.4 is 4.90 Å². The molecule has 0 fully saturated rings. The second-order valence-electron chi connectivity index (χ2n) is 11.4. The van der Waals surface area contributed by atoms with Gasteiger partial charge in [-0.25, -0.2) is 0 Å². The minimum absolute atomic E-state index is 0.349. The van der Waals surface area contributed by atoms with E-state index in [4.69, 9.17) is 0 Å². The van der Waals surface area contributed by atoms with Crippen LogP contribution in [0.15, 0.2) is 140 Å². The number of hydrogen-bond acceptors (Lipinski definition) is 1. The molecule has 0 amide bonds. The molecule has 8 rings (SSSR count). The first-order valence-corrected chi connectivity index (χ1v) is 15.2. The average Bonchev–Trinajstić information content (AvgIpc) is 3.52. The van der Waals surface area contributed by atoms with Crippen LogP contribution in [0.25, 0.3) is 22.3 Å². The fraction of sp³-hybridized carbons (Fsp3) is 0.122. The number of anilines is 3. The molecule has 202 valence electrons. The van der Waals surface area contributed by atoms with Crippen molar-refractivity contribution in [2.75, 3.05) is 4.90 Å². The number of benzene rings is 6. The van der Waals surface area contributed by atoms with E-state index in [1.54, 1.807) is 0 Å². The third-order valence-corrected chi connectivity index (χ3v) is 9.46. The third-order valence-electron chi connectivity index (χ3n) is 9.46. The molecule has 0 saturated carbocycles. The molecule has 2 aliphatic rings. The second-order valence-corrected chi connectivity index (χ2v) is 11.4. The summed E-state index contributed by atoms with van der Waals surface area (Å²) in [6.07, 6.45) is 2.07. The van der Waals surface area contributed by atoms with Gasteiger partial charge >= 0.3 is 0 Å². The topological polar surface area (TPSA) is 3.24 Å². The summed E-state index contributed by atoms with van der Waals surface area (Å²) in [7, 11) is 0. The number of para-hydroxylation sites is 1. The Hall–Kier alpha value is -4.88. The summed E-state index contributed by atoms with van der Waals surface area (Å²) in [6, 6.07) is 52.0. The summed E-state index contributed by atoms with van der Waals surface area (Å²) in [6.45, 7) is 4.51. The predicted octanol–water partition coefficient (Wildman–Crippen LogP) is 10.6. The number of rotatable bonds is 5. The molecule has 0 heterocycles. The van der Waals surface area contributed by atoms with Crippen molar-refractivity contribution >= 4 is 17.1 Å². The summed E-state index contributed by atoms with van der Waals surface area (Å²) in [5, 5.41) is 0. The Labute approximate surface area is 248 Å². The molecule has 2 aliphatic carbocycles. The zero-order chi connectivity index (χ0) is 28.3. The van der Waals surface area contributed by atoms with E-state index in [1.807, 2.05) is 0 Å². The van der Waals surface area contributed by atoms with Crippen LogP contribution in [0.1, 0.15) is 47.2 Å². The first kappa shape index (κ1) is 24.9. The van der Waals surface area contributed by atoms with Gasteiger partial charge in [-0.15, -0.1) is 0 Å². The SMILES string of the molecule is CCc1ccc(N(c2ccccc2)c2ccc3c(c2)C2(c4ccccc4-c4ccccc42)c2ccccc2-3)cc1CC. The lowest BCUT2D eigenvalue weighted by atomic mass is 9.70. The molecule has 6 aromatic carbocycles. The molecule has 0 aromatic heterocycles. The van der Waals surface area contributed by atoms with Gasteiger partial charge in [0.25, 0.3) is 0 Å². The zero-order valence-corrected chi connectivity index (χ0v) is 24.1. The molecule has 0 N–H and O–H groups in total. The summed E-state index contributed by atoms with van der Waals surface area (Å²) >= 11 is 0. The van der Waals surface area contributed by atoms with Crippen molar-refractivity contribution in [3.8, 4) is 22.3 Å². The summed E-state index contributed by atoms with van der Waals surface area (Å²) in [4.78, 5) is 2.43. The first-order valence-electron chi connectivity index (χ1n) is 15.2. The molecule has 1 nitrogen and oxygen atoms in total. The van der Waals surface area contributed by atoms with E-state index < -0.39 is 0 Å². The van der Waals surface area contributed by atoms with Crippen LogP contribution in [-0.4, -0.2) is 0 Å². The Morgan fingerprint density at radius 2 is 0.881 bits per heavy atom. The maximum atomic E-state index is 2.47. The number of nitrogens with zero attached hydrogens (tertiary/aromatic N) is 1. The van der Waals surface area contributed by atoms with Gasteiger partial charge in [-0.3, -0.25) is 0 Å². The molecule has 0 saturated heterocycles. The van der Waals surface area contributed by atoms with Crippen molar-refractivity contribution in [1.82, 2.24) is 0 Å². The molecule has 0 unspecified atom stereocenters. The lowest BCUT2D eigenvalue weighted by molar-refractivity contribution is 0.793. The number of fused-ring (bicyclic) bond motifs is 10. The molecule has 0 aliphatic heterocycles. The van der Waals surface area contributed by atoms with E-state index in [2.05, 4.69) is 158 Å². The Balaban J connectivity index is 1.42. The smallest absolute Gasteiger partial charge is 0.0726 e. The van der Waals surface area contributed by atoms with E-state index >= 15 is 0 Å². The predicted molar refractivity (Wildman–Crippen MR) is 176 cm³/mol. The standard InChI is InChI=1S/C41H33N/c1-3-28-22-23-31(26-29(28)4-2)42(30-14-6-5-7-15-30)32-24-25-36-35-18-10-13-21-39(35)41(40(36)27-32)37-19-11-8-16-33(37)34-17-9-12-20-38(34)41/h5-27H,3-4H2,1-2H3. The Bertz CT molecular complexity index is 1900. The van der Waals surface area contributed by atoms with Gasteiger partial charge in [-0.1, -0.05) is 117 Å². The van der Waals surface area contributed by atoms with Crippen LogP contribution in [0.2, 0.25) is 0 Å². The summed E-state index contributed by atoms with van der Waals surface area (Å²) in [5.41, 5.74) is 16.9. The van der Waals surface area contributed by atoms with Crippen molar-refractivity contribution in [3.63, 3.8) is 0 Å². The van der Waals surface area contributed by atoms with Crippen molar-refractivity contribution in [2.45, 2.75) is 32.1 Å². The van der Waals surface area contributed by atoms with Gasteiger partial charge in [0, 0.05) is 17.1 Å². The largest absolute Gasteiger partial charge is 0.310 e. The Kier molecular flexibility index (Phi) is 5.69. The molecule has 42 heavy (non-hydrogen) atoms. The van der Waals surface area contributed by atoms with E-state index in [0.717, 1.165) is 12.8 Å². The highest BCUT2D eigenvalue weighted by Crippen LogP contribution is 2.63. The van der Waals surface area contributed by atoms with E-state index in [0.29, 0.717) is 0 Å². The zero-order valence-electron chi connectivity index (χ0n) is 24.1. The molecule has 6 aromatic rings. The molecule has 0 radical (unpaired) electrons. The van der Waals surface area contributed by atoms with Crippen LogP contribution in [0.3, 0.4) is 0 Å². The van der Waals surface area contributed by atoms with Gasteiger partial charge in [-0.2, -0.15) is 0 Å². The molecular formula is C41H33N. The quantitative estimate of drug-likeness (QED) is 0.210. The van der Waals surface area contributed by atoms with Gasteiger partial charge < -0.3 is 4.90 Å². The maximum Gasteiger partial charge on any atom is 0.0726 e. The lowest BCUT2D eigenvalue weighted by Crippen LogP contribution is -2.26. The van der Waals surface area contributed by atoms with Gasteiger partial charge in [0.05, 0.1) is 5.41 Å². The number of aryl methyl sites for hydroxylation is 2. The highest BCUT2D eigenvalue weighted by atomic mass is 15.1. The molecule has 0 atom stereocenters. The molecule has 1 heteroatoms. The van der Waals surface area contributed by atoms with Crippen molar-refractivity contribution in [3.05, 3.63) is 173 Å². The van der Waals surface area contributed by atoms with Crippen LogP contribution in [0.5, 0.6) is 0 Å². The summed E-state index contributed by atoms with van der Waals surface area (Å²) < 4.78 is 0. The average molecular weight is 540 g/mol. The van der Waals surface area contributed by atoms with Gasteiger partial charge in [0.15, 0.2) is 0 Å². The molecule has 0 bridgehead atoms. The molecular weight excluding hydrogens is 506 g/mol. The van der Waals surface area contributed by atoms with Gasteiger partial charge in [-0.05, 0) is 105 Å². The minimum atomic E-state index is -0.349. The summed E-state index contributed by atoms with van der Waals surface area (Å²) in [5.74, 6) is 0. The first-order chi connectivity index (χ1) is 20.8. The fourth-order valence-electron chi connectivity index (χ4n) is 7.67. The normalized spacial score (nSPS) is 13.4. The van der Waals surface area contributed by atoms with Gasteiger partial charge in [0.1, 0.15) is 0 Å².